The number of carbonyl (C=O) groups is 1. The highest BCUT2D eigenvalue weighted by molar-refractivity contribution is 5.81. The fraction of sp³-hybridized carbons (Fsp3) is 0.222. The Morgan fingerprint density at radius 2 is 2.12 bits per heavy atom. The summed E-state index contributed by atoms with van der Waals surface area (Å²) < 4.78 is 5.61. The smallest absolute Gasteiger partial charge is 0.261 e. The number of imidazole rings is 1. The van der Waals surface area contributed by atoms with Crippen LogP contribution in [0.4, 0.5) is 0 Å². The number of hydrogen-bond donors (Lipinski definition) is 3. The summed E-state index contributed by atoms with van der Waals surface area (Å²) in [5.41, 5.74) is 2.54. The zero-order chi connectivity index (χ0) is 16.9. The average Bonchev–Trinajstić information content (AvgIpc) is 3.02. The lowest BCUT2D eigenvalue weighted by atomic mass is 10.2. The van der Waals surface area contributed by atoms with Gasteiger partial charge in [0.05, 0.1) is 24.2 Å². The van der Waals surface area contributed by atoms with Gasteiger partial charge >= 0.3 is 0 Å². The zero-order valence-electron chi connectivity index (χ0n) is 13.3. The SMILES string of the molecule is CC(Oc1cccc(CO)c1)C(=O)NCc1nc2ccccc2[nH]1. The molecule has 1 atom stereocenters. The number of nitrogens with one attached hydrogen (secondary N) is 2. The maximum atomic E-state index is 12.2. The van der Waals surface area contributed by atoms with Crippen molar-refractivity contribution in [1.82, 2.24) is 15.3 Å². The van der Waals surface area contributed by atoms with Crippen LogP contribution in [-0.2, 0) is 17.9 Å². The number of fused-ring (bicyclic) bond motifs is 1. The number of hydrogen-bond acceptors (Lipinski definition) is 4. The van der Waals surface area contributed by atoms with E-state index in [0.717, 1.165) is 16.6 Å². The van der Waals surface area contributed by atoms with Crippen LogP contribution in [0.25, 0.3) is 11.0 Å². The van der Waals surface area contributed by atoms with Gasteiger partial charge in [-0.05, 0) is 36.8 Å². The van der Waals surface area contributed by atoms with Gasteiger partial charge in [-0.25, -0.2) is 4.98 Å². The molecule has 0 spiro atoms. The predicted molar refractivity (Wildman–Crippen MR) is 90.4 cm³/mol. The average molecular weight is 325 g/mol. The van der Waals surface area contributed by atoms with E-state index in [-0.39, 0.29) is 12.5 Å². The molecule has 0 aliphatic heterocycles. The van der Waals surface area contributed by atoms with Crippen molar-refractivity contribution in [3.8, 4) is 5.75 Å². The van der Waals surface area contributed by atoms with Gasteiger partial charge in [-0.2, -0.15) is 0 Å². The molecular weight excluding hydrogens is 306 g/mol. The van der Waals surface area contributed by atoms with Crippen molar-refractivity contribution < 1.29 is 14.6 Å². The summed E-state index contributed by atoms with van der Waals surface area (Å²) >= 11 is 0. The van der Waals surface area contributed by atoms with Crippen molar-refractivity contribution in [3.63, 3.8) is 0 Å². The van der Waals surface area contributed by atoms with Crippen LogP contribution < -0.4 is 10.1 Å². The molecular formula is C18H19N3O3. The molecule has 6 nitrogen and oxygen atoms in total. The molecule has 3 N–H and O–H groups in total. The number of H-pyrrole nitrogens is 1. The van der Waals surface area contributed by atoms with E-state index in [4.69, 9.17) is 9.84 Å². The standard InChI is InChI=1S/C18H19N3O3/c1-12(24-14-6-4-5-13(9-14)11-22)18(23)19-10-17-20-15-7-2-3-8-16(15)21-17/h2-9,12,22H,10-11H2,1H3,(H,19,23)(H,20,21). The van der Waals surface area contributed by atoms with Gasteiger partial charge in [0, 0.05) is 0 Å². The Morgan fingerprint density at radius 3 is 2.92 bits per heavy atom. The molecule has 6 heteroatoms. The minimum absolute atomic E-state index is 0.0656. The second-order valence-corrected chi connectivity index (χ2v) is 5.48. The summed E-state index contributed by atoms with van der Waals surface area (Å²) in [5.74, 6) is 1.01. The number of rotatable bonds is 6. The van der Waals surface area contributed by atoms with Crippen LogP contribution in [0.5, 0.6) is 5.75 Å². The highest BCUT2D eigenvalue weighted by atomic mass is 16.5. The molecule has 1 aromatic heterocycles. The number of amides is 1. The van der Waals surface area contributed by atoms with Gasteiger partial charge in [-0.3, -0.25) is 4.79 Å². The van der Waals surface area contributed by atoms with Crippen molar-refractivity contribution in [2.24, 2.45) is 0 Å². The lowest BCUT2D eigenvalue weighted by molar-refractivity contribution is -0.127. The number of benzene rings is 2. The molecule has 0 saturated heterocycles. The topological polar surface area (TPSA) is 87.2 Å². The Kier molecular flexibility index (Phi) is 4.77. The van der Waals surface area contributed by atoms with Gasteiger partial charge in [-0.1, -0.05) is 24.3 Å². The quantitative estimate of drug-likeness (QED) is 0.648. The minimum Gasteiger partial charge on any atom is -0.481 e. The van der Waals surface area contributed by atoms with Gasteiger partial charge < -0.3 is 20.1 Å². The number of nitrogens with zero attached hydrogens (tertiary/aromatic N) is 1. The summed E-state index contributed by atoms with van der Waals surface area (Å²) in [4.78, 5) is 19.7. The lowest BCUT2D eigenvalue weighted by Gasteiger charge is -2.14. The van der Waals surface area contributed by atoms with E-state index in [2.05, 4.69) is 15.3 Å². The first-order chi connectivity index (χ1) is 11.7. The largest absolute Gasteiger partial charge is 0.481 e. The number of ether oxygens (including phenoxy) is 1. The van der Waals surface area contributed by atoms with Crippen molar-refractivity contribution in [2.75, 3.05) is 0 Å². The van der Waals surface area contributed by atoms with E-state index < -0.39 is 6.10 Å². The monoisotopic (exact) mass is 325 g/mol. The van der Waals surface area contributed by atoms with E-state index in [1.54, 1.807) is 31.2 Å². The third-order valence-corrected chi connectivity index (χ3v) is 3.63. The van der Waals surface area contributed by atoms with E-state index >= 15 is 0 Å². The Bertz CT molecular complexity index is 811. The second kappa shape index (κ2) is 7.14. The highest BCUT2D eigenvalue weighted by Gasteiger charge is 2.15. The number of aliphatic hydroxyl groups excluding tert-OH is 1. The van der Waals surface area contributed by atoms with Crippen molar-refractivity contribution in [2.45, 2.75) is 26.2 Å². The molecule has 3 rings (SSSR count). The zero-order valence-corrected chi connectivity index (χ0v) is 13.3. The second-order valence-electron chi connectivity index (χ2n) is 5.48. The Morgan fingerprint density at radius 1 is 1.29 bits per heavy atom. The van der Waals surface area contributed by atoms with E-state index in [0.29, 0.717) is 18.1 Å². The molecule has 1 amide bonds. The fourth-order valence-corrected chi connectivity index (χ4v) is 2.38. The summed E-state index contributed by atoms with van der Waals surface area (Å²) in [6.07, 6.45) is -0.650. The van der Waals surface area contributed by atoms with Crippen LogP contribution in [0.15, 0.2) is 48.5 Å². The Hall–Kier alpha value is -2.86. The molecule has 24 heavy (non-hydrogen) atoms. The molecule has 1 heterocycles. The number of carbonyl (C=O) groups excluding carboxylic acids is 1. The van der Waals surface area contributed by atoms with Crippen LogP contribution in [0.3, 0.4) is 0 Å². The number of para-hydroxylation sites is 2. The molecule has 124 valence electrons. The summed E-state index contributed by atoms with van der Waals surface area (Å²) in [7, 11) is 0. The van der Waals surface area contributed by atoms with Gasteiger partial charge in [0.1, 0.15) is 11.6 Å². The minimum atomic E-state index is -0.650. The molecule has 3 aromatic rings. The van der Waals surface area contributed by atoms with Crippen LogP contribution in [0.1, 0.15) is 18.3 Å². The molecule has 0 bridgehead atoms. The summed E-state index contributed by atoms with van der Waals surface area (Å²) in [6, 6.07) is 14.7. The summed E-state index contributed by atoms with van der Waals surface area (Å²) in [5, 5.41) is 11.9. The molecule has 2 aromatic carbocycles. The molecule has 0 aliphatic rings. The maximum Gasteiger partial charge on any atom is 0.261 e. The Balaban J connectivity index is 1.57. The van der Waals surface area contributed by atoms with Gasteiger partial charge in [0.15, 0.2) is 6.10 Å². The van der Waals surface area contributed by atoms with E-state index in [1.807, 2.05) is 24.3 Å². The van der Waals surface area contributed by atoms with E-state index in [1.165, 1.54) is 0 Å². The third-order valence-electron chi connectivity index (χ3n) is 3.63. The molecule has 0 saturated carbocycles. The molecule has 0 radical (unpaired) electrons. The first-order valence-corrected chi connectivity index (χ1v) is 7.73. The normalized spacial score (nSPS) is 12.1. The molecule has 0 aliphatic carbocycles. The van der Waals surface area contributed by atoms with Gasteiger partial charge in [0.25, 0.3) is 5.91 Å². The first-order valence-electron chi connectivity index (χ1n) is 7.73. The van der Waals surface area contributed by atoms with Gasteiger partial charge in [0.2, 0.25) is 0 Å². The number of aromatic nitrogens is 2. The van der Waals surface area contributed by atoms with E-state index in [9.17, 15) is 4.79 Å². The van der Waals surface area contributed by atoms with Crippen molar-refractivity contribution in [3.05, 3.63) is 59.9 Å². The lowest BCUT2D eigenvalue weighted by Crippen LogP contribution is -2.36. The van der Waals surface area contributed by atoms with Crippen molar-refractivity contribution in [1.29, 1.82) is 0 Å². The van der Waals surface area contributed by atoms with Crippen LogP contribution in [0.2, 0.25) is 0 Å². The predicted octanol–water partition coefficient (Wildman–Crippen LogP) is 2.14. The Labute approximate surface area is 139 Å². The van der Waals surface area contributed by atoms with Crippen LogP contribution in [-0.4, -0.2) is 27.1 Å². The van der Waals surface area contributed by atoms with Crippen molar-refractivity contribution >= 4 is 16.9 Å². The van der Waals surface area contributed by atoms with Crippen LogP contribution in [0, 0.1) is 0 Å². The fourth-order valence-electron chi connectivity index (χ4n) is 2.38. The van der Waals surface area contributed by atoms with Crippen LogP contribution >= 0.6 is 0 Å². The number of aliphatic hydroxyl groups is 1. The number of aromatic amines is 1. The molecule has 0 fully saturated rings. The van der Waals surface area contributed by atoms with Gasteiger partial charge in [-0.15, -0.1) is 0 Å². The summed E-state index contributed by atoms with van der Waals surface area (Å²) in [6.45, 7) is 1.92. The third kappa shape index (κ3) is 3.72. The molecule has 1 unspecified atom stereocenters. The highest BCUT2D eigenvalue weighted by Crippen LogP contribution is 2.15. The first kappa shape index (κ1) is 16.0. The maximum absolute atomic E-state index is 12.2.